The van der Waals surface area contributed by atoms with Crippen LogP contribution in [0.4, 0.5) is 0 Å². The van der Waals surface area contributed by atoms with Gasteiger partial charge in [-0.05, 0) is 73.2 Å². The molecule has 0 amide bonds. The van der Waals surface area contributed by atoms with Crippen LogP contribution < -0.4 is 0 Å². The highest BCUT2D eigenvalue weighted by molar-refractivity contribution is 7.80. The zero-order valence-corrected chi connectivity index (χ0v) is 15.2. The summed E-state index contributed by atoms with van der Waals surface area (Å²) < 4.78 is 0. The minimum atomic E-state index is 0.458. The number of thiol groups is 1. The molecule has 118 valence electrons. The van der Waals surface area contributed by atoms with E-state index in [1.807, 2.05) is 0 Å². The molecule has 0 aromatic heterocycles. The third kappa shape index (κ3) is 2.54. The Labute approximate surface area is 136 Å². The van der Waals surface area contributed by atoms with E-state index in [0.29, 0.717) is 5.41 Å². The van der Waals surface area contributed by atoms with E-state index in [9.17, 15) is 0 Å². The highest BCUT2D eigenvalue weighted by Gasteiger charge is 2.49. The van der Waals surface area contributed by atoms with E-state index in [0.717, 1.165) is 29.4 Å². The van der Waals surface area contributed by atoms with E-state index >= 15 is 0 Å². The van der Waals surface area contributed by atoms with Crippen molar-refractivity contribution < 1.29 is 0 Å². The topological polar surface area (TPSA) is 0 Å². The Hall–Kier alpha value is -0.170. The van der Waals surface area contributed by atoms with Gasteiger partial charge in [0.1, 0.15) is 0 Å². The van der Waals surface area contributed by atoms with Crippen LogP contribution in [0, 0.1) is 29.1 Å². The van der Waals surface area contributed by atoms with Crippen molar-refractivity contribution >= 4 is 12.6 Å². The predicted octanol–water partition coefficient (Wildman–Crippen LogP) is 6.05. The maximum Gasteiger partial charge on any atom is 0.0118 e. The van der Waals surface area contributed by atoms with Gasteiger partial charge in [0, 0.05) is 5.75 Å². The van der Waals surface area contributed by atoms with Crippen molar-refractivity contribution in [3.8, 4) is 0 Å². The smallest absolute Gasteiger partial charge is 0.0118 e. The lowest BCUT2D eigenvalue weighted by molar-refractivity contribution is 0.149. The first-order chi connectivity index (χ1) is 9.97. The average molecular weight is 305 g/mol. The van der Waals surface area contributed by atoms with Crippen molar-refractivity contribution in [2.45, 2.75) is 66.2 Å². The fraction of sp³-hybridized carbons (Fsp3) is 0.800. The Kier molecular flexibility index (Phi) is 4.34. The zero-order chi connectivity index (χ0) is 15.2. The first-order valence-corrected chi connectivity index (χ1v) is 9.64. The van der Waals surface area contributed by atoms with Crippen LogP contribution in [0.25, 0.3) is 0 Å². The van der Waals surface area contributed by atoms with E-state index in [2.05, 4.69) is 46.4 Å². The molecule has 3 aliphatic rings. The SMILES string of the molecule is CC(C)C1C(C)CC2=CC3=C(CS)CCCC3CCC21C. The van der Waals surface area contributed by atoms with Gasteiger partial charge >= 0.3 is 0 Å². The third-order valence-corrected chi connectivity index (χ3v) is 7.14. The average Bonchev–Trinajstić information content (AvgIpc) is 2.59. The molecule has 0 bridgehead atoms. The molecule has 4 unspecified atom stereocenters. The monoisotopic (exact) mass is 304 g/mol. The van der Waals surface area contributed by atoms with E-state index < -0.39 is 0 Å². The number of hydrogen-bond donors (Lipinski definition) is 1. The Morgan fingerprint density at radius 1 is 1.33 bits per heavy atom. The Morgan fingerprint density at radius 2 is 2.10 bits per heavy atom. The quantitative estimate of drug-likeness (QED) is 0.590. The fourth-order valence-electron chi connectivity index (χ4n) is 6.00. The zero-order valence-electron chi connectivity index (χ0n) is 14.3. The molecule has 1 heteroatoms. The summed E-state index contributed by atoms with van der Waals surface area (Å²) in [6, 6.07) is 0. The predicted molar refractivity (Wildman–Crippen MR) is 95.8 cm³/mol. The molecule has 0 N–H and O–H groups in total. The number of rotatable bonds is 2. The normalized spacial score (nSPS) is 39.9. The summed E-state index contributed by atoms with van der Waals surface area (Å²) >= 11 is 4.61. The lowest BCUT2D eigenvalue weighted by atomic mass is 9.67. The van der Waals surface area contributed by atoms with Crippen molar-refractivity contribution in [3.05, 3.63) is 22.8 Å². The van der Waals surface area contributed by atoms with Crippen molar-refractivity contribution in [2.24, 2.45) is 29.1 Å². The van der Waals surface area contributed by atoms with E-state index in [1.165, 1.54) is 38.5 Å². The van der Waals surface area contributed by atoms with Gasteiger partial charge < -0.3 is 0 Å². The van der Waals surface area contributed by atoms with Gasteiger partial charge in [-0.3, -0.25) is 0 Å². The molecule has 3 aliphatic carbocycles. The van der Waals surface area contributed by atoms with Gasteiger partial charge in [-0.2, -0.15) is 12.6 Å². The van der Waals surface area contributed by atoms with Gasteiger partial charge in [-0.1, -0.05) is 44.9 Å². The number of allylic oxidation sites excluding steroid dienone is 3. The summed E-state index contributed by atoms with van der Waals surface area (Å²) in [7, 11) is 0. The summed E-state index contributed by atoms with van der Waals surface area (Å²) in [5.41, 5.74) is 5.57. The van der Waals surface area contributed by atoms with Crippen LogP contribution in [-0.4, -0.2) is 5.75 Å². The first kappa shape index (κ1) is 15.7. The molecule has 0 radical (unpaired) electrons. The molecule has 1 fully saturated rings. The van der Waals surface area contributed by atoms with Crippen molar-refractivity contribution in [1.82, 2.24) is 0 Å². The summed E-state index contributed by atoms with van der Waals surface area (Å²) in [6.45, 7) is 9.93. The van der Waals surface area contributed by atoms with Gasteiger partial charge in [-0.25, -0.2) is 0 Å². The van der Waals surface area contributed by atoms with Crippen LogP contribution in [0.5, 0.6) is 0 Å². The van der Waals surface area contributed by atoms with Gasteiger partial charge in [0.25, 0.3) is 0 Å². The molecular weight excluding hydrogens is 272 g/mol. The van der Waals surface area contributed by atoms with Crippen LogP contribution in [0.2, 0.25) is 0 Å². The number of hydrogen-bond acceptors (Lipinski definition) is 1. The second-order valence-corrected chi connectivity index (χ2v) is 8.70. The molecule has 1 saturated carbocycles. The highest BCUT2D eigenvalue weighted by atomic mass is 32.1. The van der Waals surface area contributed by atoms with Crippen LogP contribution in [0.1, 0.15) is 66.2 Å². The van der Waals surface area contributed by atoms with Crippen molar-refractivity contribution in [1.29, 1.82) is 0 Å². The molecular formula is C20H32S. The van der Waals surface area contributed by atoms with E-state index in [-0.39, 0.29) is 0 Å². The summed E-state index contributed by atoms with van der Waals surface area (Å²) in [5.74, 6) is 4.31. The van der Waals surface area contributed by atoms with Crippen LogP contribution in [0.3, 0.4) is 0 Å². The Balaban J connectivity index is 2.04. The molecule has 3 rings (SSSR count). The third-order valence-electron chi connectivity index (χ3n) is 6.75. The van der Waals surface area contributed by atoms with Gasteiger partial charge in [0.15, 0.2) is 0 Å². The molecule has 0 aromatic rings. The minimum Gasteiger partial charge on any atom is -0.175 e. The van der Waals surface area contributed by atoms with Crippen LogP contribution >= 0.6 is 12.6 Å². The van der Waals surface area contributed by atoms with Crippen molar-refractivity contribution in [3.63, 3.8) is 0 Å². The van der Waals surface area contributed by atoms with Gasteiger partial charge in [0.05, 0.1) is 0 Å². The largest absolute Gasteiger partial charge is 0.175 e. The minimum absolute atomic E-state index is 0.458. The fourth-order valence-corrected chi connectivity index (χ4v) is 6.34. The summed E-state index contributed by atoms with van der Waals surface area (Å²) in [6.07, 6.45) is 10.9. The second-order valence-electron chi connectivity index (χ2n) is 8.38. The Morgan fingerprint density at radius 3 is 2.76 bits per heavy atom. The molecule has 4 atom stereocenters. The van der Waals surface area contributed by atoms with Crippen molar-refractivity contribution in [2.75, 3.05) is 5.75 Å². The second kappa shape index (κ2) is 5.80. The lowest BCUT2D eigenvalue weighted by Crippen LogP contribution is -2.30. The lowest BCUT2D eigenvalue weighted by Gasteiger charge is -2.37. The van der Waals surface area contributed by atoms with Crippen LogP contribution in [-0.2, 0) is 0 Å². The van der Waals surface area contributed by atoms with E-state index in [4.69, 9.17) is 0 Å². The standard InChI is InChI=1S/C20H32S/c1-13(2)19-14(3)10-17-11-18-15(8-9-20(17,19)4)6-5-7-16(18)12-21/h11,13-15,19,21H,5-10,12H2,1-4H3. The summed E-state index contributed by atoms with van der Waals surface area (Å²) in [4.78, 5) is 0. The molecule has 0 nitrogen and oxygen atoms in total. The molecule has 0 spiro atoms. The molecule has 0 aliphatic heterocycles. The van der Waals surface area contributed by atoms with E-state index in [1.54, 1.807) is 16.7 Å². The highest BCUT2D eigenvalue weighted by Crippen LogP contribution is 2.59. The van der Waals surface area contributed by atoms with Gasteiger partial charge in [0.2, 0.25) is 0 Å². The Bertz CT molecular complexity index is 470. The maximum atomic E-state index is 4.61. The summed E-state index contributed by atoms with van der Waals surface area (Å²) in [5, 5.41) is 0. The first-order valence-electron chi connectivity index (χ1n) is 9.01. The molecule has 0 aromatic carbocycles. The maximum absolute atomic E-state index is 4.61. The molecule has 0 heterocycles. The molecule has 0 saturated heterocycles. The number of fused-ring (bicyclic) bond motifs is 2. The molecule has 21 heavy (non-hydrogen) atoms. The van der Waals surface area contributed by atoms with Gasteiger partial charge in [-0.15, -0.1) is 0 Å². The van der Waals surface area contributed by atoms with Crippen LogP contribution in [0.15, 0.2) is 22.8 Å².